The summed E-state index contributed by atoms with van der Waals surface area (Å²) >= 11 is 0. The van der Waals surface area contributed by atoms with Crippen molar-refractivity contribution in [2.24, 2.45) is 0 Å². The molecule has 0 amide bonds. The number of unbranched alkanes of at least 4 members (excludes halogenated alkanes) is 1. The number of carbonyl (C=O) groups excluding carboxylic acids is 1. The van der Waals surface area contributed by atoms with E-state index in [1.165, 1.54) is 6.33 Å². The summed E-state index contributed by atoms with van der Waals surface area (Å²) in [5.74, 6) is 0.0995. The summed E-state index contributed by atoms with van der Waals surface area (Å²) in [6, 6.07) is 0. The van der Waals surface area contributed by atoms with E-state index >= 15 is 0 Å². The first-order chi connectivity index (χ1) is 6.34. The fourth-order valence-corrected chi connectivity index (χ4v) is 0.994. The molecule has 13 heavy (non-hydrogen) atoms. The molecule has 0 bridgehead atoms. The van der Waals surface area contributed by atoms with Crippen molar-refractivity contribution in [2.75, 3.05) is 0 Å². The normalized spacial score (nSPS) is 9.54. The smallest absolute Gasteiger partial charge is 0.165 e. The standard InChI is InChI=1S/C10H12N2O/c1-2-3-4-5-10(13)9-6-11-8-12-7-9/h2,6-8H,1,3-5H2. The van der Waals surface area contributed by atoms with Crippen LogP contribution in [0.15, 0.2) is 31.4 Å². The molecule has 0 atom stereocenters. The Morgan fingerprint density at radius 1 is 1.46 bits per heavy atom. The van der Waals surface area contributed by atoms with Gasteiger partial charge >= 0.3 is 0 Å². The van der Waals surface area contributed by atoms with Crippen molar-refractivity contribution >= 4 is 5.78 Å². The van der Waals surface area contributed by atoms with E-state index in [9.17, 15) is 4.79 Å². The summed E-state index contributed by atoms with van der Waals surface area (Å²) in [4.78, 5) is 19.0. The predicted octanol–water partition coefficient (Wildman–Crippen LogP) is 2.02. The maximum atomic E-state index is 11.4. The van der Waals surface area contributed by atoms with E-state index in [1.807, 2.05) is 6.08 Å². The Bertz CT molecular complexity index is 282. The number of carbonyl (C=O) groups is 1. The lowest BCUT2D eigenvalue weighted by Gasteiger charge is -1.97. The second kappa shape index (κ2) is 5.19. The van der Waals surface area contributed by atoms with E-state index in [-0.39, 0.29) is 5.78 Å². The average Bonchev–Trinajstić information content (AvgIpc) is 2.19. The Labute approximate surface area is 77.5 Å². The molecule has 0 aromatic carbocycles. The Balaban J connectivity index is 2.45. The predicted molar refractivity (Wildman–Crippen MR) is 50.4 cm³/mol. The fourth-order valence-electron chi connectivity index (χ4n) is 0.994. The van der Waals surface area contributed by atoms with Crippen molar-refractivity contribution in [3.05, 3.63) is 36.9 Å². The summed E-state index contributed by atoms with van der Waals surface area (Å²) in [7, 11) is 0. The number of Topliss-reactive ketones (excluding diaryl/α,β-unsaturated/α-hetero) is 1. The van der Waals surface area contributed by atoms with Crippen LogP contribution in [0.5, 0.6) is 0 Å². The summed E-state index contributed by atoms with van der Waals surface area (Å²) in [6.45, 7) is 3.59. The number of hydrogen-bond donors (Lipinski definition) is 0. The minimum absolute atomic E-state index is 0.0995. The van der Waals surface area contributed by atoms with Gasteiger partial charge in [0.1, 0.15) is 6.33 Å². The van der Waals surface area contributed by atoms with Crippen LogP contribution in [0.1, 0.15) is 29.6 Å². The van der Waals surface area contributed by atoms with Gasteiger partial charge in [-0.05, 0) is 12.8 Å². The quantitative estimate of drug-likeness (QED) is 0.391. The molecule has 3 nitrogen and oxygen atoms in total. The van der Waals surface area contributed by atoms with Gasteiger partial charge in [-0.15, -0.1) is 6.58 Å². The molecule has 0 aliphatic heterocycles. The minimum Gasteiger partial charge on any atom is -0.294 e. The largest absolute Gasteiger partial charge is 0.294 e. The van der Waals surface area contributed by atoms with Crippen LogP contribution in [0, 0.1) is 0 Å². The molecule has 0 aliphatic carbocycles. The molecule has 0 saturated carbocycles. The topological polar surface area (TPSA) is 42.9 Å². The van der Waals surface area contributed by atoms with Gasteiger partial charge in [-0.25, -0.2) is 9.97 Å². The summed E-state index contributed by atoms with van der Waals surface area (Å²) < 4.78 is 0. The van der Waals surface area contributed by atoms with E-state index < -0.39 is 0 Å². The van der Waals surface area contributed by atoms with E-state index in [1.54, 1.807) is 12.4 Å². The highest BCUT2D eigenvalue weighted by atomic mass is 16.1. The Morgan fingerprint density at radius 3 is 2.77 bits per heavy atom. The van der Waals surface area contributed by atoms with E-state index in [2.05, 4.69) is 16.5 Å². The van der Waals surface area contributed by atoms with E-state index in [0.29, 0.717) is 12.0 Å². The molecule has 0 radical (unpaired) electrons. The van der Waals surface area contributed by atoms with Crippen molar-refractivity contribution in [3.8, 4) is 0 Å². The van der Waals surface area contributed by atoms with Crippen LogP contribution in [0.25, 0.3) is 0 Å². The van der Waals surface area contributed by atoms with Crippen LogP contribution in [-0.4, -0.2) is 15.8 Å². The highest BCUT2D eigenvalue weighted by Gasteiger charge is 2.04. The van der Waals surface area contributed by atoms with Gasteiger partial charge in [-0.1, -0.05) is 6.08 Å². The van der Waals surface area contributed by atoms with Gasteiger partial charge in [0.2, 0.25) is 0 Å². The third-order valence-corrected chi connectivity index (χ3v) is 1.69. The molecule has 0 aliphatic rings. The van der Waals surface area contributed by atoms with E-state index in [4.69, 9.17) is 0 Å². The molecule has 0 saturated heterocycles. The lowest BCUT2D eigenvalue weighted by atomic mass is 10.1. The number of aromatic nitrogens is 2. The third-order valence-electron chi connectivity index (χ3n) is 1.69. The molecule has 1 rings (SSSR count). The molecule has 0 spiro atoms. The van der Waals surface area contributed by atoms with Crippen LogP contribution >= 0.6 is 0 Å². The van der Waals surface area contributed by atoms with Crippen LogP contribution in [0.3, 0.4) is 0 Å². The van der Waals surface area contributed by atoms with Crippen molar-refractivity contribution in [1.82, 2.24) is 9.97 Å². The third kappa shape index (κ3) is 3.15. The Morgan fingerprint density at radius 2 is 2.15 bits per heavy atom. The molecule has 1 heterocycles. The summed E-state index contributed by atoms with van der Waals surface area (Å²) in [5, 5.41) is 0. The van der Waals surface area contributed by atoms with Gasteiger partial charge in [0, 0.05) is 18.8 Å². The lowest BCUT2D eigenvalue weighted by molar-refractivity contribution is 0.0979. The lowest BCUT2D eigenvalue weighted by Crippen LogP contribution is -1.99. The number of hydrogen-bond acceptors (Lipinski definition) is 3. The number of ketones is 1. The van der Waals surface area contributed by atoms with Crippen LogP contribution in [-0.2, 0) is 0 Å². The van der Waals surface area contributed by atoms with Crippen LogP contribution < -0.4 is 0 Å². The van der Waals surface area contributed by atoms with Gasteiger partial charge in [0.25, 0.3) is 0 Å². The van der Waals surface area contributed by atoms with Gasteiger partial charge < -0.3 is 0 Å². The van der Waals surface area contributed by atoms with Crippen molar-refractivity contribution < 1.29 is 4.79 Å². The highest BCUT2D eigenvalue weighted by Crippen LogP contribution is 2.04. The average molecular weight is 176 g/mol. The second-order valence-electron chi connectivity index (χ2n) is 2.73. The first kappa shape index (κ1) is 9.58. The maximum Gasteiger partial charge on any atom is 0.165 e. The molecule has 0 unspecified atom stereocenters. The zero-order valence-corrected chi connectivity index (χ0v) is 7.44. The van der Waals surface area contributed by atoms with Gasteiger partial charge in [0.05, 0.1) is 5.56 Å². The van der Waals surface area contributed by atoms with Crippen molar-refractivity contribution in [3.63, 3.8) is 0 Å². The zero-order valence-electron chi connectivity index (χ0n) is 7.44. The summed E-state index contributed by atoms with van der Waals surface area (Å²) in [5.41, 5.74) is 0.589. The Hall–Kier alpha value is -1.51. The monoisotopic (exact) mass is 176 g/mol. The van der Waals surface area contributed by atoms with Crippen molar-refractivity contribution in [2.45, 2.75) is 19.3 Å². The van der Waals surface area contributed by atoms with Gasteiger partial charge in [0.15, 0.2) is 5.78 Å². The van der Waals surface area contributed by atoms with Crippen LogP contribution in [0.2, 0.25) is 0 Å². The first-order valence-electron chi connectivity index (χ1n) is 4.23. The number of nitrogens with zero attached hydrogens (tertiary/aromatic N) is 2. The molecular weight excluding hydrogens is 164 g/mol. The van der Waals surface area contributed by atoms with Gasteiger partial charge in [-0.2, -0.15) is 0 Å². The van der Waals surface area contributed by atoms with Crippen LogP contribution in [0.4, 0.5) is 0 Å². The summed E-state index contributed by atoms with van der Waals surface area (Å²) in [6.07, 6.45) is 8.58. The first-order valence-corrected chi connectivity index (χ1v) is 4.23. The minimum atomic E-state index is 0.0995. The fraction of sp³-hybridized carbons (Fsp3) is 0.300. The number of allylic oxidation sites excluding steroid dienone is 1. The maximum absolute atomic E-state index is 11.4. The second-order valence-corrected chi connectivity index (χ2v) is 2.73. The number of rotatable bonds is 5. The van der Waals surface area contributed by atoms with Gasteiger partial charge in [-0.3, -0.25) is 4.79 Å². The molecular formula is C10H12N2O. The zero-order chi connectivity index (χ0) is 9.52. The molecule has 1 aromatic heterocycles. The highest BCUT2D eigenvalue weighted by molar-refractivity contribution is 5.95. The SMILES string of the molecule is C=CCCCC(=O)c1cncnc1. The van der Waals surface area contributed by atoms with E-state index in [0.717, 1.165) is 12.8 Å². The molecule has 1 aromatic rings. The Kier molecular flexibility index (Phi) is 3.82. The molecule has 0 fully saturated rings. The molecule has 68 valence electrons. The molecule has 0 N–H and O–H groups in total. The molecule has 3 heteroatoms. The van der Waals surface area contributed by atoms with Crippen molar-refractivity contribution in [1.29, 1.82) is 0 Å².